The van der Waals surface area contributed by atoms with Gasteiger partial charge in [0.15, 0.2) is 11.5 Å². The highest BCUT2D eigenvalue weighted by Gasteiger charge is 2.42. The summed E-state index contributed by atoms with van der Waals surface area (Å²) in [6.07, 6.45) is 5.81. The van der Waals surface area contributed by atoms with E-state index in [9.17, 15) is 9.90 Å². The summed E-state index contributed by atoms with van der Waals surface area (Å²) >= 11 is 6.27. The lowest BCUT2D eigenvalue weighted by atomic mass is 9.70. The molecule has 3 aromatic rings. The summed E-state index contributed by atoms with van der Waals surface area (Å²) in [4.78, 5) is 15.7. The zero-order chi connectivity index (χ0) is 29.6. The first-order chi connectivity index (χ1) is 20.1. The van der Waals surface area contributed by atoms with Gasteiger partial charge in [-0.2, -0.15) is 0 Å². The largest absolute Gasteiger partial charge is 0.493 e. The van der Waals surface area contributed by atoms with Crippen LogP contribution >= 0.6 is 11.6 Å². The third-order valence-electron chi connectivity index (χ3n) is 9.38. The summed E-state index contributed by atoms with van der Waals surface area (Å²) in [5.74, 6) is 1.46. The quantitative estimate of drug-likeness (QED) is 0.313. The second-order valence-corrected chi connectivity index (χ2v) is 13.1. The molecule has 0 radical (unpaired) electrons. The van der Waals surface area contributed by atoms with Crippen LogP contribution in [0, 0.1) is 5.92 Å². The normalized spacial score (nSPS) is 25.1. The van der Waals surface area contributed by atoms with Crippen LogP contribution in [0.25, 0.3) is 0 Å². The maximum absolute atomic E-state index is 13.9. The highest BCUT2D eigenvalue weighted by molar-refractivity contribution is 6.30. The van der Waals surface area contributed by atoms with E-state index < -0.39 is 5.60 Å². The second-order valence-electron chi connectivity index (χ2n) is 12.6. The molecule has 3 aliphatic heterocycles. The molecule has 2 fully saturated rings. The van der Waals surface area contributed by atoms with Crippen LogP contribution < -0.4 is 19.7 Å². The third-order valence-corrected chi connectivity index (χ3v) is 9.63. The molecule has 222 valence electrons. The van der Waals surface area contributed by atoms with Gasteiger partial charge in [-0.05, 0) is 111 Å². The summed E-state index contributed by atoms with van der Waals surface area (Å²) in [7, 11) is 1.62. The van der Waals surface area contributed by atoms with E-state index in [-0.39, 0.29) is 30.4 Å². The van der Waals surface area contributed by atoms with Gasteiger partial charge in [-0.25, -0.2) is 0 Å². The average Bonchev–Trinajstić information content (AvgIpc) is 2.96. The molecular weight excluding hydrogens is 548 g/mol. The van der Waals surface area contributed by atoms with Crippen LogP contribution in [0.2, 0.25) is 5.02 Å². The number of carbonyl (C=O) groups excluding carboxylic acids is 1. The van der Waals surface area contributed by atoms with Crippen molar-refractivity contribution >= 4 is 23.2 Å². The van der Waals surface area contributed by atoms with E-state index in [1.54, 1.807) is 7.11 Å². The molecule has 6 rings (SSSR count). The second kappa shape index (κ2) is 11.6. The number of hydrogen-bond acceptors (Lipinski definition) is 5. The number of halogens is 1. The minimum Gasteiger partial charge on any atom is -0.493 e. The molecule has 2 N–H and O–H groups in total. The van der Waals surface area contributed by atoms with Crippen molar-refractivity contribution in [2.24, 2.45) is 5.92 Å². The number of carbonyl (C=O) groups is 1. The number of nitrogens with one attached hydrogen (secondary N) is 1. The molecule has 7 heteroatoms. The van der Waals surface area contributed by atoms with Crippen molar-refractivity contribution in [3.8, 4) is 11.5 Å². The van der Waals surface area contributed by atoms with E-state index in [0.29, 0.717) is 28.6 Å². The molecule has 1 amide bonds. The Morgan fingerprint density at radius 1 is 1.00 bits per heavy atom. The predicted octanol–water partition coefficient (Wildman–Crippen LogP) is 6.94. The van der Waals surface area contributed by atoms with Crippen LogP contribution in [0.3, 0.4) is 0 Å². The van der Waals surface area contributed by atoms with Crippen molar-refractivity contribution in [2.45, 2.75) is 89.1 Å². The Balaban J connectivity index is 1.38. The number of anilines is 1. The molecular formula is C35H41ClN2O4. The van der Waals surface area contributed by atoms with Crippen LogP contribution in [0.4, 0.5) is 5.69 Å². The van der Waals surface area contributed by atoms with E-state index >= 15 is 0 Å². The van der Waals surface area contributed by atoms with Crippen LogP contribution in [-0.2, 0) is 16.8 Å². The van der Waals surface area contributed by atoms with E-state index in [1.807, 2.05) is 86.3 Å². The molecule has 0 aliphatic carbocycles. The molecule has 3 aliphatic rings. The van der Waals surface area contributed by atoms with Gasteiger partial charge >= 0.3 is 0 Å². The number of fused-ring (bicyclic) bond motifs is 3. The fourth-order valence-corrected chi connectivity index (χ4v) is 7.37. The monoisotopic (exact) mass is 588 g/mol. The highest BCUT2D eigenvalue weighted by atomic mass is 35.5. The van der Waals surface area contributed by atoms with Gasteiger partial charge in [0.25, 0.3) is 0 Å². The summed E-state index contributed by atoms with van der Waals surface area (Å²) in [5.41, 5.74) is 3.59. The molecule has 3 aromatic carbocycles. The van der Waals surface area contributed by atoms with Crippen molar-refractivity contribution in [3.05, 3.63) is 87.9 Å². The van der Waals surface area contributed by atoms with Crippen LogP contribution in [0.5, 0.6) is 11.5 Å². The van der Waals surface area contributed by atoms with Crippen LogP contribution in [0.15, 0.2) is 60.7 Å². The van der Waals surface area contributed by atoms with Crippen LogP contribution in [-0.4, -0.2) is 36.3 Å². The van der Waals surface area contributed by atoms with E-state index in [4.69, 9.17) is 21.1 Å². The van der Waals surface area contributed by atoms with Gasteiger partial charge in [0.1, 0.15) is 0 Å². The zero-order valence-electron chi connectivity index (χ0n) is 24.9. The van der Waals surface area contributed by atoms with Gasteiger partial charge in [-0.15, -0.1) is 0 Å². The lowest BCUT2D eigenvalue weighted by Crippen LogP contribution is -2.52. The number of methoxy groups -OCH3 is 1. The van der Waals surface area contributed by atoms with Gasteiger partial charge in [-0.3, -0.25) is 4.79 Å². The topological polar surface area (TPSA) is 71.0 Å². The first-order valence-corrected chi connectivity index (χ1v) is 15.6. The molecule has 0 saturated carbocycles. The van der Waals surface area contributed by atoms with Crippen molar-refractivity contribution in [3.63, 3.8) is 0 Å². The molecule has 6 nitrogen and oxygen atoms in total. The summed E-state index contributed by atoms with van der Waals surface area (Å²) in [6, 6.07) is 20.2. The maximum Gasteiger partial charge on any atom is 0.232 e. The lowest BCUT2D eigenvalue weighted by Gasteiger charge is -2.45. The number of nitrogens with zero attached hydrogens (tertiary/aromatic N) is 1. The van der Waals surface area contributed by atoms with Crippen molar-refractivity contribution in [1.82, 2.24) is 5.32 Å². The standard InChI is InChI=1S/C35H41ClN2O4/c1-21(2)42-32-20-30-23(16-31(32)41-4)17-33(39)38(34(30)22-8-12-26(36)13-9-22)29-14-10-24(11-15-29)35(3,40)25-18-27-6-5-7-28(19-25)37-27/h8-16,20-21,25,27-28,34,37,40H,5-7,17-19H2,1-4H3. The Bertz CT molecular complexity index is 1420. The minimum atomic E-state index is -0.942. The van der Waals surface area contributed by atoms with Crippen molar-refractivity contribution in [1.29, 1.82) is 0 Å². The van der Waals surface area contributed by atoms with Gasteiger partial charge in [0, 0.05) is 22.8 Å². The van der Waals surface area contributed by atoms with E-state index in [2.05, 4.69) is 5.32 Å². The van der Waals surface area contributed by atoms with Gasteiger partial charge < -0.3 is 24.8 Å². The first-order valence-electron chi connectivity index (χ1n) is 15.2. The SMILES string of the molecule is COc1cc2c(cc1OC(C)C)C(c1ccc(Cl)cc1)N(c1ccc(C(C)(O)C3CC4CCCC(C3)N4)cc1)C(=O)C2. The number of amides is 1. The molecule has 0 spiro atoms. The van der Waals surface area contributed by atoms with Crippen molar-refractivity contribution in [2.75, 3.05) is 12.0 Å². The number of hydrogen-bond donors (Lipinski definition) is 2. The highest BCUT2D eigenvalue weighted by Crippen LogP contribution is 2.45. The number of piperidine rings is 2. The van der Waals surface area contributed by atoms with E-state index in [0.717, 1.165) is 40.8 Å². The summed E-state index contributed by atoms with van der Waals surface area (Å²) < 4.78 is 11.8. The van der Waals surface area contributed by atoms with Gasteiger partial charge in [0.2, 0.25) is 5.91 Å². The van der Waals surface area contributed by atoms with Gasteiger partial charge in [0.05, 0.1) is 31.3 Å². The Hall–Kier alpha value is -3.06. The number of benzene rings is 3. The predicted molar refractivity (Wildman–Crippen MR) is 167 cm³/mol. The Labute approximate surface area is 254 Å². The zero-order valence-corrected chi connectivity index (χ0v) is 25.7. The first kappa shape index (κ1) is 29.0. The number of aliphatic hydroxyl groups is 1. The third kappa shape index (κ3) is 5.52. The summed E-state index contributed by atoms with van der Waals surface area (Å²) in [6.45, 7) is 5.92. The maximum atomic E-state index is 13.9. The molecule has 0 aromatic heterocycles. The average molecular weight is 589 g/mol. The summed E-state index contributed by atoms with van der Waals surface area (Å²) in [5, 5.41) is 16.2. The fraction of sp³-hybridized carbons (Fsp3) is 0.457. The van der Waals surface area contributed by atoms with E-state index in [1.165, 1.54) is 19.3 Å². The number of ether oxygens (including phenoxy) is 2. The molecule has 3 heterocycles. The smallest absolute Gasteiger partial charge is 0.232 e. The Morgan fingerprint density at radius 2 is 1.67 bits per heavy atom. The molecule has 2 saturated heterocycles. The molecule has 42 heavy (non-hydrogen) atoms. The lowest BCUT2D eigenvalue weighted by molar-refractivity contribution is -0.118. The van der Waals surface area contributed by atoms with Crippen LogP contribution in [0.1, 0.15) is 81.2 Å². The molecule has 4 unspecified atom stereocenters. The van der Waals surface area contributed by atoms with Crippen molar-refractivity contribution < 1.29 is 19.4 Å². The fourth-order valence-electron chi connectivity index (χ4n) is 7.25. The molecule has 4 atom stereocenters. The van der Waals surface area contributed by atoms with Gasteiger partial charge in [-0.1, -0.05) is 42.3 Å². The minimum absolute atomic E-state index is 0.00674. The Kier molecular flexibility index (Phi) is 7.99. The molecule has 2 bridgehead atoms. The Morgan fingerprint density at radius 3 is 2.29 bits per heavy atom. The number of rotatable bonds is 7.